The monoisotopic (exact) mass is 268 g/mol. The molecule has 2 nitrogen and oxygen atoms in total. The third-order valence-corrected chi connectivity index (χ3v) is 4.72. The molecule has 0 aromatic heterocycles. The van der Waals surface area contributed by atoms with Gasteiger partial charge in [-0.1, -0.05) is 37.3 Å². The second-order valence-corrected chi connectivity index (χ2v) is 6.30. The van der Waals surface area contributed by atoms with Crippen LogP contribution in [-0.4, -0.2) is 24.7 Å². The maximum atomic E-state index is 3.69. The van der Waals surface area contributed by atoms with E-state index in [2.05, 4.69) is 73.5 Å². The van der Waals surface area contributed by atoms with Gasteiger partial charge in [0.25, 0.3) is 0 Å². The fourth-order valence-corrected chi connectivity index (χ4v) is 3.03. The van der Waals surface area contributed by atoms with Crippen LogP contribution in [0.4, 0.5) is 5.69 Å². The summed E-state index contributed by atoms with van der Waals surface area (Å²) in [5.74, 6) is 0. The third-order valence-electron chi connectivity index (χ3n) is 4.72. The van der Waals surface area contributed by atoms with Crippen molar-refractivity contribution in [2.24, 2.45) is 0 Å². The molecule has 3 rings (SSSR count). The highest BCUT2D eigenvalue weighted by Crippen LogP contribution is 2.28. The summed E-state index contributed by atoms with van der Waals surface area (Å²) in [5, 5.41) is 6.33. The van der Waals surface area contributed by atoms with Gasteiger partial charge in [-0.3, -0.25) is 0 Å². The molecule has 20 heavy (non-hydrogen) atoms. The SMILES string of the molecule is CCC1(C)CN(c2ccc3ccccc3c2)C(C)CN1. The van der Waals surface area contributed by atoms with Crippen molar-refractivity contribution < 1.29 is 0 Å². The van der Waals surface area contributed by atoms with Gasteiger partial charge in [-0.25, -0.2) is 0 Å². The van der Waals surface area contributed by atoms with Crippen LogP contribution < -0.4 is 10.2 Å². The Morgan fingerprint density at radius 2 is 1.95 bits per heavy atom. The van der Waals surface area contributed by atoms with Crippen LogP contribution in [-0.2, 0) is 0 Å². The zero-order valence-corrected chi connectivity index (χ0v) is 12.7. The highest BCUT2D eigenvalue weighted by molar-refractivity contribution is 5.85. The van der Waals surface area contributed by atoms with Crippen molar-refractivity contribution in [1.82, 2.24) is 5.32 Å². The lowest BCUT2D eigenvalue weighted by Gasteiger charge is -2.46. The van der Waals surface area contributed by atoms with Crippen LogP contribution in [0, 0.1) is 0 Å². The minimum Gasteiger partial charge on any atom is -0.366 e. The predicted molar refractivity (Wildman–Crippen MR) is 87.5 cm³/mol. The van der Waals surface area contributed by atoms with Crippen molar-refractivity contribution in [3.63, 3.8) is 0 Å². The summed E-state index contributed by atoms with van der Waals surface area (Å²) in [7, 11) is 0. The molecule has 1 aliphatic rings. The predicted octanol–water partition coefficient (Wildman–Crippen LogP) is 3.81. The highest BCUT2D eigenvalue weighted by atomic mass is 15.2. The molecular weight excluding hydrogens is 244 g/mol. The highest BCUT2D eigenvalue weighted by Gasteiger charge is 2.32. The molecule has 0 radical (unpaired) electrons. The summed E-state index contributed by atoms with van der Waals surface area (Å²) in [6, 6.07) is 16.0. The van der Waals surface area contributed by atoms with E-state index in [9.17, 15) is 0 Å². The summed E-state index contributed by atoms with van der Waals surface area (Å²) in [6.07, 6.45) is 1.16. The third kappa shape index (κ3) is 2.40. The Morgan fingerprint density at radius 3 is 2.70 bits per heavy atom. The second-order valence-electron chi connectivity index (χ2n) is 6.30. The van der Waals surface area contributed by atoms with Crippen LogP contribution in [0.5, 0.6) is 0 Å². The second kappa shape index (κ2) is 5.10. The van der Waals surface area contributed by atoms with Crippen molar-refractivity contribution in [2.75, 3.05) is 18.0 Å². The van der Waals surface area contributed by atoms with Crippen LogP contribution >= 0.6 is 0 Å². The lowest BCUT2D eigenvalue weighted by Crippen LogP contribution is -2.62. The summed E-state index contributed by atoms with van der Waals surface area (Å²) >= 11 is 0. The first-order valence-corrected chi connectivity index (χ1v) is 7.62. The molecule has 2 unspecified atom stereocenters. The summed E-state index contributed by atoms with van der Waals surface area (Å²) in [4.78, 5) is 2.55. The van der Waals surface area contributed by atoms with Crippen molar-refractivity contribution in [3.8, 4) is 0 Å². The number of fused-ring (bicyclic) bond motifs is 1. The van der Waals surface area contributed by atoms with Crippen LogP contribution in [0.25, 0.3) is 10.8 Å². The summed E-state index contributed by atoms with van der Waals surface area (Å²) in [6.45, 7) is 9.02. The van der Waals surface area contributed by atoms with Gasteiger partial charge in [0, 0.05) is 30.4 Å². The van der Waals surface area contributed by atoms with E-state index in [1.165, 1.54) is 16.5 Å². The molecular formula is C18H24N2. The van der Waals surface area contributed by atoms with Gasteiger partial charge < -0.3 is 10.2 Å². The Hall–Kier alpha value is -1.54. The molecule has 1 aliphatic heterocycles. The normalized spacial score (nSPS) is 26.9. The van der Waals surface area contributed by atoms with Crippen molar-refractivity contribution in [1.29, 1.82) is 0 Å². The molecule has 2 aromatic rings. The lowest BCUT2D eigenvalue weighted by molar-refractivity contribution is 0.286. The average molecular weight is 268 g/mol. The number of hydrogen-bond donors (Lipinski definition) is 1. The molecule has 1 N–H and O–H groups in total. The molecule has 0 spiro atoms. The lowest BCUT2D eigenvalue weighted by atomic mass is 9.93. The molecule has 1 saturated heterocycles. The van der Waals surface area contributed by atoms with E-state index in [4.69, 9.17) is 0 Å². The van der Waals surface area contributed by atoms with E-state index in [0.29, 0.717) is 6.04 Å². The van der Waals surface area contributed by atoms with Gasteiger partial charge in [0.1, 0.15) is 0 Å². The van der Waals surface area contributed by atoms with Gasteiger partial charge in [0.05, 0.1) is 0 Å². The smallest absolute Gasteiger partial charge is 0.0387 e. The van der Waals surface area contributed by atoms with Gasteiger partial charge in [0.2, 0.25) is 0 Å². The molecule has 1 fully saturated rings. The first-order chi connectivity index (χ1) is 9.61. The van der Waals surface area contributed by atoms with Crippen LogP contribution in [0.15, 0.2) is 42.5 Å². The van der Waals surface area contributed by atoms with Gasteiger partial charge in [-0.15, -0.1) is 0 Å². The van der Waals surface area contributed by atoms with Gasteiger partial charge in [-0.05, 0) is 43.2 Å². The number of hydrogen-bond acceptors (Lipinski definition) is 2. The van der Waals surface area contributed by atoms with E-state index in [1.54, 1.807) is 0 Å². The van der Waals surface area contributed by atoms with E-state index >= 15 is 0 Å². The summed E-state index contributed by atoms with van der Waals surface area (Å²) in [5.41, 5.74) is 1.57. The number of rotatable bonds is 2. The Bertz CT molecular complexity index is 607. The standard InChI is InChI=1S/C18H24N2/c1-4-18(3)13-20(14(2)12-19-18)17-10-9-15-7-5-6-8-16(15)11-17/h5-11,14,19H,4,12-13H2,1-3H3. The molecule has 0 bridgehead atoms. The fraction of sp³-hybridized carbons (Fsp3) is 0.444. The number of benzene rings is 2. The molecule has 2 atom stereocenters. The van der Waals surface area contributed by atoms with Crippen molar-refractivity contribution in [2.45, 2.75) is 38.8 Å². The molecule has 106 valence electrons. The zero-order chi connectivity index (χ0) is 14.2. The maximum absolute atomic E-state index is 3.69. The van der Waals surface area contributed by atoms with Crippen molar-refractivity contribution in [3.05, 3.63) is 42.5 Å². The first kappa shape index (κ1) is 13.4. The van der Waals surface area contributed by atoms with E-state index in [0.717, 1.165) is 19.5 Å². The van der Waals surface area contributed by atoms with E-state index < -0.39 is 0 Å². The quantitative estimate of drug-likeness (QED) is 0.891. The van der Waals surface area contributed by atoms with Gasteiger partial charge in [-0.2, -0.15) is 0 Å². The van der Waals surface area contributed by atoms with Crippen LogP contribution in [0.2, 0.25) is 0 Å². The molecule has 2 aromatic carbocycles. The molecule has 0 amide bonds. The largest absolute Gasteiger partial charge is 0.366 e. The Kier molecular flexibility index (Phi) is 3.43. The maximum Gasteiger partial charge on any atom is 0.0387 e. The molecule has 2 heteroatoms. The van der Waals surface area contributed by atoms with Crippen LogP contribution in [0.1, 0.15) is 27.2 Å². The molecule has 0 aliphatic carbocycles. The number of piperazine rings is 1. The van der Waals surface area contributed by atoms with Crippen molar-refractivity contribution >= 4 is 16.5 Å². The summed E-state index contributed by atoms with van der Waals surface area (Å²) < 4.78 is 0. The molecule has 0 saturated carbocycles. The van der Waals surface area contributed by atoms with Gasteiger partial charge in [0.15, 0.2) is 0 Å². The zero-order valence-electron chi connectivity index (χ0n) is 12.7. The van der Waals surface area contributed by atoms with Crippen LogP contribution in [0.3, 0.4) is 0 Å². The van der Waals surface area contributed by atoms with E-state index in [1.807, 2.05) is 0 Å². The van der Waals surface area contributed by atoms with E-state index in [-0.39, 0.29) is 5.54 Å². The minimum absolute atomic E-state index is 0.220. The molecule has 1 heterocycles. The number of nitrogens with one attached hydrogen (secondary N) is 1. The number of anilines is 1. The fourth-order valence-electron chi connectivity index (χ4n) is 3.03. The number of nitrogens with zero attached hydrogens (tertiary/aromatic N) is 1. The van der Waals surface area contributed by atoms with Gasteiger partial charge >= 0.3 is 0 Å². The minimum atomic E-state index is 0.220. The Labute approximate surface area is 121 Å². The topological polar surface area (TPSA) is 15.3 Å². The average Bonchev–Trinajstić information content (AvgIpc) is 2.49. The Morgan fingerprint density at radius 1 is 1.20 bits per heavy atom. The first-order valence-electron chi connectivity index (χ1n) is 7.62. The Balaban J connectivity index is 1.96.